The summed E-state index contributed by atoms with van der Waals surface area (Å²) in [5.74, 6) is 0.117. The van der Waals surface area contributed by atoms with Gasteiger partial charge in [-0.05, 0) is 49.1 Å². The van der Waals surface area contributed by atoms with Crippen LogP contribution in [0.1, 0.15) is 30.5 Å². The molecule has 9 heteroatoms. The Morgan fingerprint density at radius 1 is 1.09 bits per heavy atom. The van der Waals surface area contributed by atoms with Gasteiger partial charge >= 0.3 is 12.1 Å². The minimum Gasteiger partial charge on any atom is -0.469 e. The Hall–Kier alpha value is -2.65. The van der Waals surface area contributed by atoms with Crippen LogP contribution in [0.25, 0.3) is 0 Å². The molecule has 0 saturated carbocycles. The molecule has 2 fully saturated rings. The van der Waals surface area contributed by atoms with Crippen molar-refractivity contribution < 1.29 is 22.7 Å². The maximum absolute atomic E-state index is 13.1. The van der Waals surface area contributed by atoms with Crippen LogP contribution in [-0.4, -0.2) is 73.2 Å². The number of piperidine rings is 1. The van der Waals surface area contributed by atoms with Gasteiger partial charge in [-0.3, -0.25) is 19.6 Å². The molecule has 4 rings (SSSR count). The van der Waals surface area contributed by atoms with Crippen molar-refractivity contribution in [3.05, 3.63) is 59.9 Å². The van der Waals surface area contributed by atoms with Crippen molar-refractivity contribution >= 4 is 11.7 Å². The molecule has 2 aliphatic heterocycles. The number of esters is 1. The number of piperazine rings is 1. The van der Waals surface area contributed by atoms with E-state index in [4.69, 9.17) is 4.74 Å². The van der Waals surface area contributed by atoms with Gasteiger partial charge in [-0.2, -0.15) is 13.2 Å². The summed E-state index contributed by atoms with van der Waals surface area (Å²) in [4.78, 5) is 23.2. The molecule has 0 radical (unpaired) electrons. The fraction of sp³-hybridized carbons (Fsp3) is 0.538. The molecular weight excluding hydrogens is 457 g/mol. The molecule has 0 bridgehead atoms. The van der Waals surface area contributed by atoms with Gasteiger partial charge in [0, 0.05) is 70.2 Å². The van der Waals surface area contributed by atoms with E-state index < -0.39 is 11.7 Å². The minimum absolute atomic E-state index is 0.194. The molecule has 2 saturated heterocycles. The van der Waals surface area contributed by atoms with Gasteiger partial charge in [-0.1, -0.05) is 12.1 Å². The second-order valence-electron chi connectivity index (χ2n) is 9.36. The lowest BCUT2D eigenvalue weighted by Crippen LogP contribution is -2.56. The number of carbonyl (C=O) groups is 1. The summed E-state index contributed by atoms with van der Waals surface area (Å²) < 4.78 is 44.3. The first-order valence-corrected chi connectivity index (χ1v) is 12.2. The van der Waals surface area contributed by atoms with Crippen LogP contribution in [0.5, 0.6) is 0 Å². The van der Waals surface area contributed by atoms with Crippen LogP contribution in [0.15, 0.2) is 48.7 Å². The topological polar surface area (TPSA) is 48.9 Å². The molecule has 35 heavy (non-hydrogen) atoms. The number of hydrogen-bond acceptors (Lipinski definition) is 6. The Morgan fingerprint density at radius 2 is 1.89 bits per heavy atom. The van der Waals surface area contributed by atoms with Crippen molar-refractivity contribution in [2.45, 2.75) is 38.0 Å². The van der Waals surface area contributed by atoms with E-state index in [0.29, 0.717) is 37.2 Å². The Bertz CT molecular complexity index is 965. The summed E-state index contributed by atoms with van der Waals surface area (Å²) in [6.45, 7) is 5.55. The molecule has 3 heterocycles. The largest absolute Gasteiger partial charge is 0.469 e. The molecule has 0 aliphatic carbocycles. The number of pyridine rings is 1. The molecule has 1 aromatic carbocycles. The molecule has 0 N–H and O–H groups in total. The van der Waals surface area contributed by atoms with Crippen LogP contribution in [0.2, 0.25) is 0 Å². The zero-order chi connectivity index (χ0) is 24.8. The molecule has 0 unspecified atom stereocenters. The standard InChI is InChI=1S/C26H33F3N4O2/c1-35-25(34)9-8-20-18-31(19-22-6-2-3-11-30-22)12-10-24(20)33-15-13-32(14-16-33)23-7-4-5-21(17-23)26(27,28)29/h2-7,11,17,20,24H,8-10,12-16,18-19H2,1H3/t20-,24+/m0/s1. The Kier molecular flexibility index (Phi) is 8.28. The normalized spacial score (nSPS) is 22.2. The first kappa shape index (κ1) is 25.4. The number of nitrogens with zero attached hydrogens (tertiary/aromatic N) is 4. The first-order chi connectivity index (χ1) is 16.8. The van der Waals surface area contributed by atoms with E-state index in [9.17, 15) is 18.0 Å². The Labute approximate surface area is 204 Å². The fourth-order valence-corrected chi connectivity index (χ4v) is 5.32. The lowest BCUT2D eigenvalue weighted by Gasteiger charge is -2.47. The van der Waals surface area contributed by atoms with Gasteiger partial charge in [-0.25, -0.2) is 0 Å². The zero-order valence-electron chi connectivity index (χ0n) is 20.1. The molecule has 0 spiro atoms. The molecule has 2 atom stereocenters. The minimum atomic E-state index is -4.34. The molecule has 1 aromatic heterocycles. The quantitative estimate of drug-likeness (QED) is 0.546. The van der Waals surface area contributed by atoms with E-state index in [0.717, 1.165) is 57.3 Å². The van der Waals surface area contributed by atoms with Crippen LogP contribution in [0.4, 0.5) is 18.9 Å². The van der Waals surface area contributed by atoms with E-state index in [-0.39, 0.29) is 5.97 Å². The maximum atomic E-state index is 13.1. The number of halogens is 3. The highest BCUT2D eigenvalue weighted by atomic mass is 19.4. The molecular formula is C26H33F3N4O2. The number of anilines is 1. The Morgan fingerprint density at radius 3 is 2.57 bits per heavy atom. The number of alkyl halides is 3. The highest BCUT2D eigenvalue weighted by molar-refractivity contribution is 5.69. The van der Waals surface area contributed by atoms with Crippen molar-refractivity contribution in [2.24, 2.45) is 5.92 Å². The number of ether oxygens (including phenoxy) is 1. The third kappa shape index (κ3) is 6.73. The van der Waals surface area contributed by atoms with Gasteiger partial charge < -0.3 is 9.64 Å². The number of benzene rings is 1. The second-order valence-corrected chi connectivity index (χ2v) is 9.36. The van der Waals surface area contributed by atoms with Crippen molar-refractivity contribution in [1.82, 2.24) is 14.8 Å². The summed E-state index contributed by atoms with van der Waals surface area (Å²) in [6, 6.07) is 11.9. The number of carbonyl (C=O) groups excluding carboxylic acids is 1. The van der Waals surface area contributed by atoms with Crippen LogP contribution in [0, 0.1) is 5.92 Å². The predicted octanol–water partition coefficient (Wildman–Crippen LogP) is 4.07. The molecule has 190 valence electrons. The van der Waals surface area contributed by atoms with Gasteiger partial charge in [0.05, 0.1) is 18.4 Å². The van der Waals surface area contributed by atoms with Gasteiger partial charge in [-0.15, -0.1) is 0 Å². The number of methoxy groups -OCH3 is 1. The van der Waals surface area contributed by atoms with E-state index in [2.05, 4.69) is 14.8 Å². The van der Waals surface area contributed by atoms with Gasteiger partial charge in [0.15, 0.2) is 0 Å². The average Bonchev–Trinajstić information content (AvgIpc) is 2.88. The van der Waals surface area contributed by atoms with Crippen molar-refractivity contribution in [3.8, 4) is 0 Å². The lowest BCUT2D eigenvalue weighted by molar-refractivity contribution is -0.141. The third-order valence-corrected chi connectivity index (χ3v) is 7.16. The zero-order valence-corrected chi connectivity index (χ0v) is 20.1. The van der Waals surface area contributed by atoms with Crippen LogP contribution in [0.3, 0.4) is 0 Å². The van der Waals surface area contributed by atoms with Crippen molar-refractivity contribution in [2.75, 3.05) is 51.3 Å². The highest BCUT2D eigenvalue weighted by Gasteiger charge is 2.36. The summed E-state index contributed by atoms with van der Waals surface area (Å²) in [5.41, 5.74) is 1.04. The van der Waals surface area contributed by atoms with E-state index in [1.807, 2.05) is 23.1 Å². The van der Waals surface area contributed by atoms with Gasteiger partial charge in [0.2, 0.25) is 0 Å². The lowest BCUT2D eigenvalue weighted by atomic mass is 9.86. The summed E-state index contributed by atoms with van der Waals surface area (Å²) >= 11 is 0. The summed E-state index contributed by atoms with van der Waals surface area (Å²) in [5, 5.41) is 0. The monoisotopic (exact) mass is 490 g/mol. The number of rotatable bonds is 7. The van der Waals surface area contributed by atoms with Gasteiger partial charge in [0.25, 0.3) is 0 Å². The van der Waals surface area contributed by atoms with Crippen LogP contribution >= 0.6 is 0 Å². The van der Waals surface area contributed by atoms with Crippen molar-refractivity contribution in [3.63, 3.8) is 0 Å². The van der Waals surface area contributed by atoms with E-state index in [1.54, 1.807) is 12.3 Å². The summed E-state index contributed by atoms with van der Waals surface area (Å²) in [6.07, 6.45) is -0.403. The predicted molar refractivity (Wildman–Crippen MR) is 128 cm³/mol. The SMILES string of the molecule is COC(=O)CC[C@H]1CN(Cc2ccccn2)CC[C@H]1N1CCN(c2cccc(C(F)(F)F)c2)CC1. The number of likely N-dealkylation sites (tertiary alicyclic amines) is 1. The number of hydrogen-bond donors (Lipinski definition) is 0. The fourth-order valence-electron chi connectivity index (χ4n) is 5.32. The summed E-state index contributed by atoms with van der Waals surface area (Å²) in [7, 11) is 1.42. The van der Waals surface area contributed by atoms with Crippen LogP contribution in [-0.2, 0) is 22.3 Å². The maximum Gasteiger partial charge on any atom is 0.416 e. The van der Waals surface area contributed by atoms with Crippen molar-refractivity contribution in [1.29, 1.82) is 0 Å². The molecule has 0 amide bonds. The smallest absolute Gasteiger partial charge is 0.416 e. The van der Waals surface area contributed by atoms with E-state index >= 15 is 0 Å². The first-order valence-electron chi connectivity index (χ1n) is 12.2. The third-order valence-electron chi connectivity index (χ3n) is 7.16. The van der Waals surface area contributed by atoms with Gasteiger partial charge in [0.1, 0.15) is 0 Å². The molecule has 2 aromatic rings. The average molecular weight is 491 g/mol. The Balaban J connectivity index is 1.39. The highest BCUT2D eigenvalue weighted by Crippen LogP contribution is 2.33. The second kappa shape index (κ2) is 11.4. The number of aromatic nitrogens is 1. The molecule has 2 aliphatic rings. The van der Waals surface area contributed by atoms with Crippen LogP contribution < -0.4 is 4.90 Å². The molecule has 6 nitrogen and oxygen atoms in total. The van der Waals surface area contributed by atoms with E-state index in [1.165, 1.54) is 19.2 Å².